The van der Waals surface area contributed by atoms with Crippen LogP contribution in [0.4, 0.5) is 0 Å². The van der Waals surface area contributed by atoms with Crippen LogP contribution in [0, 0.1) is 5.92 Å². The lowest BCUT2D eigenvalue weighted by Crippen LogP contribution is -2.53. The van der Waals surface area contributed by atoms with Gasteiger partial charge in [-0.05, 0) is 31.6 Å². The standard InChI is InChI=1S/C14H28N2O2/c1-11(2)15-9-6-13(18)16-14(10-17)7-4-12(3)5-8-14/h11-12,15,17H,4-10H2,1-3H3,(H,16,18). The second-order valence-electron chi connectivity index (χ2n) is 6.03. The molecule has 0 aromatic carbocycles. The molecule has 1 aliphatic rings. The molecule has 1 rings (SSSR count). The number of hydrogen-bond donors (Lipinski definition) is 3. The highest BCUT2D eigenvalue weighted by Crippen LogP contribution is 2.31. The molecule has 0 spiro atoms. The minimum Gasteiger partial charge on any atom is -0.394 e. The van der Waals surface area contributed by atoms with Crippen molar-refractivity contribution >= 4 is 5.91 Å². The maximum Gasteiger partial charge on any atom is 0.221 e. The zero-order valence-electron chi connectivity index (χ0n) is 12.0. The Bertz CT molecular complexity index is 259. The third-order valence-electron chi connectivity index (χ3n) is 3.84. The van der Waals surface area contributed by atoms with E-state index in [0.717, 1.165) is 25.7 Å². The van der Waals surface area contributed by atoms with Crippen LogP contribution in [0.1, 0.15) is 52.9 Å². The Morgan fingerprint density at radius 2 is 2.00 bits per heavy atom. The topological polar surface area (TPSA) is 61.4 Å². The van der Waals surface area contributed by atoms with E-state index < -0.39 is 0 Å². The number of hydrogen-bond acceptors (Lipinski definition) is 3. The zero-order chi connectivity index (χ0) is 13.6. The van der Waals surface area contributed by atoms with Gasteiger partial charge in [0.15, 0.2) is 0 Å². The molecule has 18 heavy (non-hydrogen) atoms. The van der Waals surface area contributed by atoms with Gasteiger partial charge in [0.2, 0.25) is 5.91 Å². The van der Waals surface area contributed by atoms with Gasteiger partial charge in [-0.3, -0.25) is 4.79 Å². The molecule has 0 saturated heterocycles. The lowest BCUT2D eigenvalue weighted by Gasteiger charge is -2.38. The first-order valence-corrected chi connectivity index (χ1v) is 7.13. The predicted octanol–water partition coefficient (Wildman–Crippen LogP) is 1.43. The average molecular weight is 256 g/mol. The number of nitrogens with one attached hydrogen (secondary N) is 2. The number of carbonyl (C=O) groups is 1. The lowest BCUT2D eigenvalue weighted by molar-refractivity contribution is -0.124. The molecule has 106 valence electrons. The smallest absolute Gasteiger partial charge is 0.221 e. The van der Waals surface area contributed by atoms with Gasteiger partial charge in [0.1, 0.15) is 0 Å². The number of carbonyl (C=O) groups excluding carboxylic acids is 1. The molecular weight excluding hydrogens is 228 g/mol. The van der Waals surface area contributed by atoms with Gasteiger partial charge >= 0.3 is 0 Å². The van der Waals surface area contributed by atoms with Crippen LogP contribution in [0.5, 0.6) is 0 Å². The Labute approximate surface area is 111 Å². The summed E-state index contributed by atoms with van der Waals surface area (Å²) in [4.78, 5) is 11.9. The van der Waals surface area contributed by atoms with Gasteiger partial charge in [-0.1, -0.05) is 20.8 Å². The highest BCUT2D eigenvalue weighted by molar-refractivity contribution is 5.77. The van der Waals surface area contributed by atoms with Crippen LogP contribution < -0.4 is 10.6 Å². The summed E-state index contributed by atoms with van der Waals surface area (Å²) in [6.45, 7) is 7.12. The minimum absolute atomic E-state index is 0.0479. The summed E-state index contributed by atoms with van der Waals surface area (Å²) in [6.07, 6.45) is 4.45. The fraction of sp³-hybridized carbons (Fsp3) is 0.929. The molecule has 0 aromatic heterocycles. The van der Waals surface area contributed by atoms with Gasteiger partial charge in [0, 0.05) is 19.0 Å². The van der Waals surface area contributed by atoms with Crippen molar-refractivity contribution in [3.63, 3.8) is 0 Å². The molecule has 1 amide bonds. The van der Waals surface area contributed by atoms with E-state index in [4.69, 9.17) is 0 Å². The Kier molecular flexibility index (Phi) is 6.09. The molecule has 4 heteroatoms. The molecule has 4 nitrogen and oxygen atoms in total. The van der Waals surface area contributed by atoms with Crippen molar-refractivity contribution in [1.82, 2.24) is 10.6 Å². The zero-order valence-corrected chi connectivity index (χ0v) is 12.0. The van der Waals surface area contributed by atoms with Crippen LogP contribution in [0.2, 0.25) is 0 Å². The SMILES string of the molecule is CC1CCC(CO)(NC(=O)CCNC(C)C)CC1. The van der Waals surface area contributed by atoms with Gasteiger partial charge in [0.25, 0.3) is 0 Å². The quantitative estimate of drug-likeness (QED) is 0.674. The van der Waals surface area contributed by atoms with Crippen LogP contribution in [0.3, 0.4) is 0 Å². The summed E-state index contributed by atoms with van der Waals surface area (Å²) >= 11 is 0. The molecular formula is C14H28N2O2. The van der Waals surface area contributed by atoms with Crippen molar-refractivity contribution in [2.75, 3.05) is 13.2 Å². The summed E-state index contributed by atoms with van der Waals surface area (Å²) in [7, 11) is 0. The highest BCUT2D eigenvalue weighted by Gasteiger charge is 2.34. The van der Waals surface area contributed by atoms with Crippen molar-refractivity contribution < 1.29 is 9.90 Å². The number of amides is 1. The van der Waals surface area contributed by atoms with E-state index in [2.05, 4.69) is 31.4 Å². The van der Waals surface area contributed by atoms with Crippen molar-refractivity contribution in [2.24, 2.45) is 5.92 Å². The van der Waals surface area contributed by atoms with E-state index >= 15 is 0 Å². The molecule has 0 aliphatic heterocycles. The van der Waals surface area contributed by atoms with Crippen molar-refractivity contribution in [3.8, 4) is 0 Å². The van der Waals surface area contributed by atoms with Crippen molar-refractivity contribution in [1.29, 1.82) is 0 Å². The molecule has 3 N–H and O–H groups in total. The van der Waals surface area contributed by atoms with Crippen LogP contribution in [-0.2, 0) is 4.79 Å². The summed E-state index contributed by atoms with van der Waals surface area (Å²) in [5.74, 6) is 0.760. The summed E-state index contributed by atoms with van der Waals surface area (Å²) < 4.78 is 0. The molecule has 0 unspecified atom stereocenters. The first kappa shape index (κ1) is 15.4. The first-order chi connectivity index (χ1) is 8.47. The van der Waals surface area contributed by atoms with Crippen LogP contribution >= 0.6 is 0 Å². The van der Waals surface area contributed by atoms with E-state index in [0.29, 0.717) is 24.9 Å². The molecule has 1 aliphatic carbocycles. The maximum absolute atomic E-state index is 11.9. The largest absolute Gasteiger partial charge is 0.394 e. The Morgan fingerprint density at radius 3 is 2.50 bits per heavy atom. The summed E-state index contributed by atoms with van der Waals surface area (Å²) in [5, 5.41) is 15.8. The van der Waals surface area contributed by atoms with E-state index in [1.165, 1.54) is 0 Å². The summed E-state index contributed by atoms with van der Waals surface area (Å²) in [6, 6.07) is 0.403. The van der Waals surface area contributed by atoms with E-state index in [-0.39, 0.29) is 18.1 Å². The third-order valence-corrected chi connectivity index (χ3v) is 3.84. The molecule has 0 radical (unpaired) electrons. The summed E-state index contributed by atoms with van der Waals surface area (Å²) in [5.41, 5.74) is -0.360. The fourth-order valence-corrected chi connectivity index (χ4v) is 2.47. The first-order valence-electron chi connectivity index (χ1n) is 7.13. The number of aliphatic hydroxyl groups is 1. The highest BCUT2D eigenvalue weighted by atomic mass is 16.3. The Morgan fingerprint density at radius 1 is 1.39 bits per heavy atom. The van der Waals surface area contributed by atoms with Crippen molar-refractivity contribution in [2.45, 2.75) is 64.5 Å². The van der Waals surface area contributed by atoms with Gasteiger partial charge in [-0.15, -0.1) is 0 Å². The van der Waals surface area contributed by atoms with Gasteiger partial charge < -0.3 is 15.7 Å². The fourth-order valence-electron chi connectivity index (χ4n) is 2.47. The van der Waals surface area contributed by atoms with Gasteiger partial charge in [-0.2, -0.15) is 0 Å². The average Bonchev–Trinajstić information content (AvgIpc) is 2.32. The Balaban J connectivity index is 2.36. The van der Waals surface area contributed by atoms with E-state index in [9.17, 15) is 9.90 Å². The normalized spacial score (nSPS) is 28.4. The molecule has 0 bridgehead atoms. The molecule has 0 atom stereocenters. The lowest BCUT2D eigenvalue weighted by atomic mass is 9.77. The molecule has 0 aromatic rings. The predicted molar refractivity (Wildman–Crippen MR) is 73.3 cm³/mol. The number of rotatable bonds is 6. The molecule has 1 saturated carbocycles. The Hall–Kier alpha value is -0.610. The molecule has 0 heterocycles. The second-order valence-corrected chi connectivity index (χ2v) is 6.03. The second kappa shape index (κ2) is 7.10. The van der Waals surface area contributed by atoms with Crippen LogP contribution in [0.15, 0.2) is 0 Å². The van der Waals surface area contributed by atoms with E-state index in [1.54, 1.807) is 0 Å². The van der Waals surface area contributed by atoms with Crippen LogP contribution in [0.25, 0.3) is 0 Å². The van der Waals surface area contributed by atoms with Gasteiger partial charge in [0.05, 0.1) is 12.1 Å². The minimum atomic E-state index is -0.360. The van der Waals surface area contributed by atoms with Crippen molar-refractivity contribution in [3.05, 3.63) is 0 Å². The maximum atomic E-state index is 11.9. The molecule has 1 fully saturated rings. The number of aliphatic hydroxyl groups excluding tert-OH is 1. The van der Waals surface area contributed by atoms with Crippen LogP contribution in [-0.4, -0.2) is 35.7 Å². The van der Waals surface area contributed by atoms with E-state index in [1.807, 2.05) is 0 Å². The monoisotopic (exact) mass is 256 g/mol. The third kappa shape index (κ3) is 4.94. The van der Waals surface area contributed by atoms with Gasteiger partial charge in [-0.25, -0.2) is 0 Å².